The highest BCUT2D eigenvalue weighted by atomic mass is 79.9. The maximum atomic E-state index is 13.9. The van der Waals surface area contributed by atoms with Gasteiger partial charge in [-0.3, -0.25) is 13.9 Å². The highest BCUT2D eigenvalue weighted by Gasteiger charge is 2.32. The Labute approximate surface area is 234 Å². The van der Waals surface area contributed by atoms with Crippen LogP contribution in [0.2, 0.25) is 0 Å². The van der Waals surface area contributed by atoms with E-state index in [1.54, 1.807) is 49.4 Å². The predicted molar refractivity (Wildman–Crippen MR) is 154 cm³/mol. The molecule has 9 heteroatoms. The van der Waals surface area contributed by atoms with Gasteiger partial charge >= 0.3 is 0 Å². The minimum absolute atomic E-state index is 0.0582. The molecular formula is C29H34BrN3O4S. The number of benzene rings is 3. The standard InChI is InChI=1S/C29H34BrN3O4S/c1-5-22(3)31-29(35)23(4)32(19-24-13-15-25(30)16-14-24)28(34)20-33(26-17-11-21(2)12-18-26)38(36,37)27-9-7-6-8-10-27/h6-18,22-23H,5,19-20H2,1-4H3,(H,31,35). The number of anilines is 1. The van der Waals surface area contributed by atoms with Crippen LogP contribution < -0.4 is 9.62 Å². The minimum atomic E-state index is -4.06. The van der Waals surface area contributed by atoms with Crippen molar-refractivity contribution in [3.63, 3.8) is 0 Å². The van der Waals surface area contributed by atoms with Gasteiger partial charge in [0.05, 0.1) is 10.6 Å². The number of nitrogens with zero attached hydrogens (tertiary/aromatic N) is 2. The highest BCUT2D eigenvalue weighted by Crippen LogP contribution is 2.25. The van der Waals surface area contributed by atoms with Gasteiger partial charge in [0.1, 0.15) is 12.6 Å². The molecule has 3 aromatic rings. The summed E-state index contributed by atoms with van der Waals surface area (Å²) < 4.78 is 29.5. The summed E-state index contributed by atoms with van der Waals surface area (Å²) in [5.41, 5.74) is 2.15. The zero-order valence-electron chi connectivity index (χ0n) is 22.1. The molecule has 2 atom stereocenters. The van der Waals surface area contributed by atoms with Crippen molar-refractivity contribution in [1.82, 2.24) is 10.2 Å². The molecule has 0 spiro atoms. The highest BCUT2D eigenvalue weighted by molar-refractivity contribution is 9.10. The first kappa shape index (κ1) is 29.4. The molecule has 3 aromatic carbocycles. The van der Waals surface area contributed by atoms with E-state index < -0.39 is 28.5 Å². The SMILES string of the molecule is CCC(C)NC(=O)C(C)N(Cc1ccc(Br)cc1)C(=O)CN(c1ccc(C)cc1)S(=O)(=O)c1ccccc1. The number of carbonyl (C=O) groups excluding carboxylic acids is 2. The summed E-state index contributed by atoms with van der Waals surface area (Å²) in [5.74, 6) is -0.780. The number of rotatable bonds is 11. The van der Waals surface area contributed by atoms with Crippen molar-refractivity contribution >= 4 is 43.5 Å². The van der Waals surface area contributed by atoms with Crippen molar-refractivity contribution in [2.75, 3.05) is 10.8 Å². The van der Waals surface area contributed by atoms with Gasteiger partial charge in [0.25, 0.3) is 10.0 Å². The van der Waals surface area contributed by atoms with Gasteiger partial charge in [-0.05, 0) is 69.2 Å². The lowest BCUT2D eigenvalue weighted by molar-refractivity contribution is -0.139. The van der Waals surface area contributed by atoms with Crippen molar-refractivity contribution in [1.29, 1.82) is 0 Å². The van der Waals surface area contributed by atoms with E-state index >= 15 is 0 Å². The molecule has 0 radical (unpaired) electrons. The van der Waals surface area contributed by atoms with Gasteiger partial charge in [-0.25, -0.2) is 8.42 Å². The number of sulfonamides is 1. The molecule has 7 nitrogen and oxygen atoms in total. The lowest BCUT2D eigenvalue weighted by atomic mass is 10.1. The molecule has 0 heterocycles. The Balaban J connectivity index is 2.00. The first-order chi connectivity index (χ1) is 18.0. The monoisotopic (exact) mass is 599 g/mol. The van der Waals surface area contributed by atoms with E-state index in [0.29, 0.717) is 5.69 Å². The molecule has 2 unspecified atom stereocenters. The Kier molecular flexibility index (Phi) is 10.1. The number of aryl methyl sites for hydroxylation is 1. The normalized spacial score (nSPS) is 12.9. The van der Waals surface area contributed by atoms with Crippen LogP contribution in [0.25, 0.3) is 0 Å². The van der Waals surface area contributed by atoms with Crippen LogP contribution in [0.5, 0.6) is 0 Å². The van der Waals surface area contributed by atoms with Crippen LogP contribution in [0.15, 0.2) is 88.2 Å². The molecule has 0 fully saturated rings. The van der Waals surface area contributed by atoms with Gasteiger partial charge in [-0.2, -0.15) is 0 Å². The molecule has 3 rings (SSSR count). The number of carbonyl (C=O) groups is 2. The van der Waals surface area contributed by atoms with E-state index in [9.17, 15) is 18.0 Å². The smallest absolute Gasteiger partial charge is 0.264 e. The van der Waals surface area contributed by atoms with Crippen LogP contribution in [-0.4, -0.2) is 43.8 Å². The maximum absolute atomic E-state index is 13.9. The summed E-state index contributed by atoms with van der Waals surface area (Å²) in [5, 5.41) is 2.93. The fourth-order valence-corrected chi connectivity index (χ4v) is 5.49. The molecule has 0 aliphatic carbocycles. The number of hydrogen-bond acceptors (Lipinski definition) is 4. The lowest BCUT2D eigenvalue weighted by Crippen LogP contribution is -2.52. The van der Waals surface area contributed by atoms with Crippen molar-refractivity contribution in [2.45, 2.75) is 57.6 Å². The molecule has 2 amide bonds. The van der Waals surface area contributed by atoms with Crippen LogP contribution in [0.4, 0.5) is 5.69 Å². The molecular weight excluding hydrogens is 566 g/mol. The molecule has 202 valence electrons. The Bertz CT molecular complexity index is 1330. The number of amides is 2. The molecule has 0 aliphatic heterocycles. The Morgan fingerprint density at radius 2 is 1.53 bits per heavy atom. The van der Waals surface area contributed by atoms with Crippen LogP contribution in [0, 0.1) is 6.92 Å². The fraction of sp³-hybridized carbons (Fsp3) is 0.310. The third kappa shape index (κ3) is 7.45. The number of halogens is 1. The topological polar surface area (TPSA) is 86.8 Å². The third-order valence-electron chi connectivity index (χ3n) is 6.37. The van der Waals surface area contributed by atoms with Gasteiger partial charge < -0.3 is 10.2 Å². The van der Waals surface area contributed by atoms with E-state index in [0.717, 1.165) is 26.3 Å². The second-order valence-corrected chi connectivity index (χ2v) is 12.1. The third-order valence-corrected chi connectivity index (χ3v) is 8.68. The van der Waals surface area contributed by atoms with Gasteiger partial charge in [0.15, 0.2) is 0 Å². The number of nitrogens with one attached hydrogen (secondary N) is 1. The molecule has 0 saturated carbocycles. The summed E-state index contributed by atoms with van der Waals surface area (Å²) in [7, 11) is -4.06. The van der Waals surface area contributed by atoms with E-state index in [4.69, 9.17) is 0 Å². The van der Waals surface area contributed by atoms with Crippen molar-refractivity contribution < 1.29 is 18.0 Å². The summed E-state index contributed by atoms with van der Waals surface area (Å²) in [6.07, 6.45) is 0.746. The molecule has 0 aliphatic rings. The van der Waals surface area contributed by atoms with Gasteiger partial charge in [0, 0.05) is 17.1 Å². The van der Waals surface area contributed by atoms with E-state index in [1.807, 2.05) is 45.0 Å². The minimum Gasteiger partial charge on any atom is -0.352 e. The first-order valence-corrected chi connectivity index (χ1v) is 14.7. The summed E-state index contributed by atoms with van der Waals surface area (Å²) in [6.45, 7) is 7.12. The molecule has 0 bridgehead atoms. The lowest BCUT2D eigenvalue weighted by Gasteiger charge is -2.32. The van der Waals surface area contributed by atoms with Gasteiger partial charge in [-0.1, -0.05) is 70.9 Å². The summed E-state index contributed by atoms with van der Waals surface area (Å²) >= 11 is 3.42. The Morgan fingerprint density at radius 3 is 2.11 bits per heavy atom. The van der Waals surface area contributed by atoms with Crippen molar-refractivity contribution in [3.05, 3.63) is 94.5 Å². The van der Waals surface area contributed by atoms with Crippen LogP contribution in [0.1, 0.15) is 38.3 Å². The predicted octanol–water partition coefficient (Wildman–Crippen LogP) is 5.28. The van der Waals surface area contributed by atoms with Crippen LogP contribution in [-0.2, 0) is 26.2 Å². The van der Waals surface area contributed by atoms with Crippen LogP contribution in [0.3, 0.4) is 0 Å². The molecule has 0 aromatic heterocycles. The summed E-state index contributed by atoms with van der Waals surface area (Å²) in [4.78, 5) is 28.5. The van der Waals surface area contributed by atoms with Crippen molar-refractivity contribution in [3.8, 4) is 0 Å². The Hall–Kier alpha value is -3.17. The van der Waals surface area contributed by atoms with Crippen LogP contribution >= 0.6 is 15.9 Å². The Morgan fingerprint density at radius 1 is 0.921 bits per heavy atom. The maximum Gasteiger partial charge on any atom is 0.264 e. The summed E-state index contributed by atoms with van der Waals surface area (Å²) in [6, 6.07) is 21.6. The van der Waals surface area contributed by atoms with Gasteiger partial charge in [-0.15, -0.1) is 0 Å². The molecule has 0 saturated heterocycles. The van der Waals surface area contributed by atoms with E-state index in [1.165, 1.54) is 17.0 Å². The molecule has 38 heavy (non-hydrogen) atoms. The largest absolute Gasteiger partial charge is 0.352 e. The average Bonchev–Trinajstić information content (AvgIpc) is 2.91. The number of hydrogen-bond donors (Lipinski definition) is 1. The second-order valence-electron chi connectivity index (χ2n) is 9.30. The quantitative estimate of drug-likeness (QED) is 0.324. The van der Waals surface area contributed by atoms with Crippen molar-refractivity contribution in [2.24, 2.45) is 0 Å². The molecule has 1 N–H and O–H groups in total. The fourth-order valence-electron chi connectivity index (χ4n) is 3.79. The zero-order chi connectivity index (χ0) is 27.9. The first-order valence-electron chi connectivity index (χ1n) is 12.5. The average molecular weight is 601 g/mol. The zero-order valence-corrected chi connectivity index (χ0v) is 24.5. The second kappa shape index (κ2) is 13.1. The van der Waals surface area contributed by atoms with E-state index in [-0.39, 0.29) is 23.4 Å². The van der Waals surface area contributed by atoms with Gasteiger partial charge in [0.2, 0.25) is 11.8 Å². The van der Waals surface area contributed by atoms with E-state index in [2.05, 4.69) is 21.2 Å².